The number of fused-ring (bicyclic) bond motifs is 1. The zero-order valence-electron chi connectivity index (χ0n) is 10.7. The monoisotopic (exact) mass is 334 g/mol. The Morgan fingerprint density at radius 3 is 2.80 bits per heavy atom. The second kappa shape index (κ2) is 5.37. The van der Waals surface area contributed by atoms with Crippen molar-refractivity contribution < 1.29 is 13.9 Å². The van der Waals surface area contributed by atoms with Gasteiger partial charge in [-0.3, -0.25) is 4.79 Å². The molecule has 1 aliphatic carbocycles. The zero-order chi connectivity index (χ0) is 14.1. The molecule has 0 aromatic heterocycles. The van der Waals surface area contributed by atoms with Crippen LogP contribution in [0.2, 0.25) is 0 Å². The predicted molar refractivity (Wildman–Crippen MR) is 77.5 cm³/mol. The Kier molecular flexibility index (Phi) is 3.57. The van der Waals surface area contributed by atoms with Crippen molar-refractivity contribution in [1.29, 1.82) is 0 Å². The van der Waals surface area contributed by atoms with Crippen molar-refractivity contribution in [3.05, 3.63) is 63.4 Å². The topological polar surface area (TPSA) is 26.3 Å². The molecule has 0 atom stereocenters. The van der Waals surface area contributed by atoms with E-state index in [0.29, 0.717) is 23.1 Å². The maximum absolute atomic E-state index is 13.4. The molecule has 1 aliphatic rings. The number of rotatable bonds is 3. The molecule has 0 radical (unpaired) electrons. The first-order valence-corrected chi connectivity index (χ1v) is 7.17. The van der Waals surface area contributed by atoms with Gasteiger partial charge in [0.05, 0.1) is 4.47 Å². The van der Waals surface area contributed by atoms with Crippen LogP contribution in [0.15, 0.2) is 40.9 Å². The highest BCUT2D eigenvalue weighted by molar-refractivity contribution is 9.10. The van der Waals surface area contributed by atoms with Crippen molar-refractivity contribution in [1.82, 2.24) is 0 Å². The number of carbonyl (C=O) groups excluding carboxylic acids is 1. The van der Waals surface area contributed by atoms with E-state index in [1.165, 1.54) is 6.07 Å². The molecule has 2 nitrogen and oxygen atoms in total. The molecule has 0 saturated carbocycles. The number of ether oxygens (including phenoxy) is 1. The first kappa shape index (κ1) is 13.3. The number of Topliss-reactive ketones (excluding diaryl/α,β-unsaturated/α-hetero) is 1. The molecule has 0 spiro atoms. The quantitative estimate of drug-likeness (QED) is 0.836. The number of ketones is 1. The molecule has 4 heteroatoms. The van der Waals surface area contributed by atoms with E-state index in [9.17, 15) is 9.18 Å². The Hall–Kier alpha value is -1.68. The largest absolute Gasteiger partial charge is 0.489 e. The lowest BCUT2D eigenvalue weighted by Gasteiger charge is -2.11. The molecule has 102 valence electrons. The third-order valence-electron chi connectivity index (χ3n) is 3.45. The normalized spacial score (nSPS) is 13.4. The number of carbonyl (C=O) groups is 1. The van der Waals surface area contributed by atoms with E-state index < -0.39 is 0 Å². The molecule has 2 aromatic carbocycles. The number of hydrogen-bond acceptors (Lipinski definition) is 2. The van der Waals surface area contributed by atoms with Gasteiger partial charge in [-0.1, -0.05) is 24.3 Å². The standard InChI is InChI=1S/C16H12BrFO2/c17-16-10(3-1-5-13(16)18)9-20-15-6-2-4-11-12(15)7-8-14(11)19/h1-6H,7-9H2. The maximum atomic E-state index is 13.4. The van der Waals surface area contributed by atoms with E-state index in [0.717, 1.165) is 16.7 Å². The summed E-state index contributed by atoms with van der Waals surface area (Å²) >= 11 is 3.22. The summed E-state index contributed by atoms with van der Waals surface area (Å²) in [5.41, 5.74) is 2.46. The minimum absolute atomic E-state index is 0.164. The van der Waals surface area contributed by atoms with E-state index in [2.05, 4.69) is 15.9 Å². The first-order chi connectivity index (χ1) is 9.66. The van der Waals surface area contributed by atoms with Gasteiger partial charge in [0, 0.05) is 23.1 Å². The van der Waals surface area contributed by atoms with Gasteiger partial charge in [0.15, 0.2) is 5.78 Å². The van der Waals surface area contributed by atoms with Crippen LogP contribution >= 0.6 is 15.9 Å². The lowest BCUT2D eigenvalue weighted by atomic mass is 10.1. The smallest absolute Gasteiger partial charge is 0.163 e. The summed E-state index contributed by atoms with van der Waals surface area (Å²) in [6, 6.07) is 10.4. The van der Waals surface area contributed by atoms with Gasteiger partial charge in [0.1, 0.15) is 18.2 Å². The summed E-state index contributed by atoms with van der Waals surface area (Å²) in [6.45, 7) is 0.267. The van der Waals surface area contributed by atoms with Crippen LogP contribution in [-0.2, 0) is 13.0 Å². The highest BCUT2D eigenvalue weighted by Crippen LogP contribution is 2.31. The number of halogens is 2. The van der Waals surface area contributed by atoms with E-state index in [1.54, 1.807) is 6.07 Å². The molecule has 0 unspecified atom stereocenters. The van der Waals surface area contributed by atoms with Crippen molar-refractivity contribution in [2.75, 3.05) is 0 Å². The molecule has 0 N–H and O–H groups in total. The highest BCUT2D eigenvalue weighted by Gasteiger charge is 2.22. The molecule has 0 saturated heterocycles. The van der Waals surface area contributed by atoms with E-state index in [1.807, 2.05) is 24.3 Å². The summed E-state index contributed by atoms with van der Waals surface area (Å²) in [7, 11) is 0. The van der Waals surface area contributed by atoms with Crippen LogP contribution in [0.3, 0.4) is 0 Å². The van der Waals surface area contributed by atoms with Gasteiger partial charge in [-0.05, 0) is 34.5 Å². The van der Waals surface area contributed by atoms with E-state index in [-0.39, 0.29) is 18.2 Å². The summed E-state index contributed by atoms with van der Waals surface area (Å²) in [5.74, 6) is 0.571. The van der Waals surface area contributed by atoms with Crippen LogP contribution < -0.4 is 4.74 Å². The van der Waals surface area contributed by atoms with Gasteiger partial charge < -0.3 is 4.74 Å². The summed E-state index contributed by atoms with van der Waals surface area (Å²) in [6.07, 6.45) is 1.26. The predicted octanol–water partition coefficient (Wildman–Crippen LogP) is 4.30. The molecule has 3 rings (SSSR count). The third-order valence-corrected chi connectivity index (χ3v) is 4.34. The Morgan fingerprint density at radius 2 is 1.95 bits per heavy atom. The lowest BCUT2D eigenvalue weighted by Crippen LogP contribution is -2.00. The van der Waals surface area contributed by atoms with Crippen molar-refractivity contribution >= 4 is 21.7 Å². The molecular weight excluding hydrogens is 323 g/mol. The summed E-state index contributed by atoms with van der Waals surface area (Å²) in [4.78, 5) is 11.7. The second-order valence-electron chi connectivity index (χ2n) is 4.71. The highest BCUT2D eigenvalue weighted by atomic mass is 79.9. The van der Waals surface area contributed by atoms with Crippen LogP contribution in [-0.4, -0.2) is 5.78 Å². The maximum Gasteiger partial charge on any atom is 0.163 e. The third kappa shape index (κ3) is 2.36. The molecule has 0 heterocycles. The second-order valence-corrected chi connectivity index (χ2v) is 5.50. The van der Waals surface area contributed by atoms with Gasteiger partial charge in [0.2, 0.25) is 0 Å². The van der Waals surface area contributed by atoms with E-state index in [4.69, 9.17) is 4.74 Å². The first-order valence-electron chi connectivity index (χ1n) is 6.37. The SMILES string of the molecule is O=C1CCc2c(OCc3cccc(F)c3Br)cccc21. The van der Waals surface area contributed by atoms with Gasteiger partial charge >= 0.3 is 0 Å². The Labute approximate surface area is 124 Å². The van der Waals surface area contributed by atoms with Gasteiger partial charge in [0.25, 0.3) is 0 Å². The minimum atomic E-state index is -0.306. The average molecular weight is 335 g/mol. The molecule has 0 aliphatic heterocycles. The van der Waals surface area contributed by atoms with Gasteiger partial charge in [-0.25, -0.2) is 4.39 Å². The van der Waals surface area contributed by atoms with Gasteiger partial charge in [-0.15, -0.1) is 0 Å². The van der Waals surface area contributed by atoms with Crippen molar-refractivity contribution in [2.45, 2.75) is 19.4 Å². The Balaban J connectivity index is 1.83. The van der Waals surface area contributed by atoms with Crippen LogP contribution in [0.25, 0.3) is 0 Å². The summed E-state index contributed by atoms with van der Waals surface area (Å²) in [5, 5.41) is 0. The molecule has 0 amide bonds. The van der Waals surface area contributed by atoms with Crippen LogP contribution in [0.1, 0.15) is 27.9 Å². The molecular formula is C16H12BrFO2. The lowest BCUT2D eigenvalue weighted by molar-refractivity contribution is 0.0994. The molecule has 20 heavy (non-hydrogen) atoms. The van der Waals surface area contributed by atoms with E-state index >= 15 is 0 Å². The minimum Gasteiger partial charge on any atom is -0.489 e. The van der Waals surface area contributed by atoms with Gasteiger partial charge in [-0.2, -0.15) is 0 Å². The van der Waals surface area contributed by atoms with Crippen molar-refractivity contribution in [3.63, 3.8) is 0 Å². The average Bonchev–Trinajstić information content (AvgIpc) is 2.83. The fraction of sp³-hybridized carbons (Fsp3) is 0.188. The fourth-order valence-electron chi connectivity index (χ4n) is 2.41. The zero-order valence-corrected chi connectivity index (χ0v) is 12.2. The fourth-order valence-corrected chi connectivity index (χ4v) is 2.79. The molecule has 0 bridgehead atoms. The van der Waals surface area contributed by atoms with Crippen LogP contribution in [0, 0.1) is 5.82 Å². The molecule has 0 fully saturated rings. The van der Waals surface area contributed by atoms with Crippen LogP contribution in [0.4, 0.5) is 4.39 Å². The van der Waals surface area contributed by atoms with Crippen molar-refractivity contribution in [2.24, 2.45) is 0 Å². The molecule has 2 aromatic rings. The number of hydrogen-bond donors (Lipinski definition) is 0. The Bertz CT molecular complexity index is 682. The summed E-state index contributed by atoms with van der Waals surface area (Å²) < 4.78 is 19.6. The Morgan fingerprint density at radius 1 is 1.15 bits per heavy atom. The van der Waals surface area contributed by atoms with Crippen LogP contribution in [0.5, 0.6) is 5.75 Å². The number of benzene rings is 2. The van der Waals surface area contributed by atoms with Crippen molar-refractivity contribution in [3.8, 4) is 5.75 Å².